The first-order chi connectivity index (χ1) is 8.19. The molecule has 17 heavy (non-hydrogen) atoms. The molecule has 2 atom stereocenters. The monoisotopic (exact) mass is 257 g/mol. The number of fused-ring (bicyclic) bond motifs is 1. The molecule has 1 aliphatic rings. The van der Waals surface area contributed by atoms with Crippen molar-refractivity contribution in [3.05, 3.63) is 29.6 Å². The van der Waals surface area contributed by atoms with Crippen LogP contribution in [0.2, 0.25) is 0 Å². The predicted molar refractivity (Wildman–Crippen MR) is 67.3 cm³/mol. The van der Waals surface area contributed by atoms with E-state index < -0.39 is 0 Å². The zero-order valence-corrected chi connectivity index (χ0v) is 10.6. The fourth-order valence-corrected chi connectivity index (χ4v) is 2.33. The first kappa shape index (κ1) is 12.7. The van der Waals surface area contributed by atoms with Gasteiger partial charge in [-0.25, -0.2) is 4.39 Å². The van der Waals surface area contributed by atoms with E-state index in [-0.39, 0.29) is 11.9 Å². The molecule has 2 rings (SSSR count). The topological polar surface area (TPSA) is 21.3 Å². The van der Waals surface area contributed by atoms with Gasteiger partial charge in [0.05, 0.1) is 0 Å². The van der Waals surface area contributed by atoms with E-state index in [1.807, 2.05) is 0 Å². The zero-order chi connectivity index (χ0) is 12.3. The molecule has 0 radical (unpaired) electrons. The van der Waals surface area contributed by atoms with Gasteiger partial charge in [-0.05, 0) is 31.5 Å². The first-order valence-electron chi connectivity index (χ1n) is 5.93. The molecule has 1 aromatic rings. The Bertz CT molecular complexity index is 386. The molecular weight excluding hydrogens is 241 g/mol. The molecule has 0 saturated carbocycles. The average Bonchev–Trinajstić information content (AvgIpc) is 2.68. The van der Waals surface area contributed by atoms with Crippen molar-refractivity contribution in [2.24, 2.45) is 0 Å². The third-order valence-electron chi connectivity index (χ3n) is 3.00. The number of hydrogen-bond donors (Lipinski definition) is 1. The highest BCUT2D eigenvalue weighted by molar-refractivity contribution is 6.17. The second-order valence-corrected chi connectivity index (χ2v) is 4.86. The van der Waals surface area contributed by atoms with Crippen LogP contribution < -0.4 is 10.1 Å². The standard InChI is InChI=1S/C13H17ClFNO/c1-9(4-5-14)16-8-12-7-10-6-11(15)2-3-13(10)17-12/h2-3,6,9,12,16H,4-5,7-8H2,1H3. The average molecular weight is 258 g/mol. The van der Waals surface area contributed by atoms with Crippen LogP contribution in [-0.4, -0.2) is 24.6 Å². The van der Waals surface area contributed by atoms with E-state index in [2.05, 4.69) is 12.2 Å². The Morgan fingerprint density at radius 1 is 1.59 bits per heavy atom. The molecule has 0 bridgehead atoms. The van der Waals surface area contributed by atoms with Gasteiger partial charge in [0.1, 0.15) is 17.7 Å². The van der Waals surface area contributed by atoms with Crippen LogP contribution in [-0.2, 0) is 6.42 Å². The largest absolute Gasteiger partial charge is 0.488 e. The van der Waals surface area contributed by atoms with Crippen molar-refractivity contribution >= 4 is 11.6 Å². The Balaban J connectivity index is 1.84. The van der Waals surface area contributed by atoms with Gasteiger partial charge in [-0.1, -0.05) is 0 Å². The quantitative estimate of drug-likeness (QED) is 0.819. The van der Waals surface area contributed by atoms with Gasteiger partial charge < -0.3 is 10.1 Å². The second-order valence-electron chi connectivity index (χ2n) is 4.48. The molecule has 1 aromatic carbocycles. The molecule has 0 spiro atoms. The Hall–Kier alpha value is -0.800. The van der Waals surface area contributed by atoms with Crippen LogP contribution in [0.3, 0.4) is 0 Å². The lowest BCUT2D eigenvalue weighted by Gasteiger charge is -2.16. The molecule has 0 amide bonds. The molecule has 2 unspecified atom stereocenters. The van der Waals surface area contributed by atoms with Crippen molar-refractivity contribution < 1.29 is 9.13 Å². The Labute approximate surface area is 106 Å². The number of benzene rings is 1. The van der Waals surface area contributed by atoms with Crippen molar-refractivity contribution in [1.82, 2.24) is 5.32 Å². The molecule has 1 N–H and O–H groups in total. The van der Waals surface area contributed by atoms with Gasteiger partial charge in [0.15, 0.2) is 0 Å². The molecule has 1 aliphatic heterocycles. The van der Waals surface area contributed by atoms with Gasteiger partial charge >= 0.3 is 0 Å². The minimum Gasteiger partial charge on any atom is -0.488 e. The van der Waals surface area contributed by atoms with E-state index in [0.29, 0.717) is 11.9 Å². The lowest BCUT2D eigenvalue weighted by Crippen LogP contribution is -2.36. The summed E-state index contributed by atoms with van der Waals surface area (Å²) in [5.74, 6) is 1.27. The minimum atomic E-state index is -0.198. The Kier molecular flexibility index (Phi) is 4.24. The molecule has 0 aliphatic carbocycles. The third-order valence-corrected chi connectivity index (χ3v) is 3.22. The van der Waals surface area contributed by atoms with Crippen molar-refractivity contribution in [3.63, 3.8) is 0 Å². The van der Waals surface area contributed by atoms with E-state index >= 15 is 0 Å². The first-order valence-corrected chi connectivity index (χ1v) is 6.47. The summed E-state index contributed by atoms with van der Waals surface area (Å²) in [6.07, 6.45) is 1.81. The van der Waals surface area contributed by atoms with Crippen LogP contribution in [0.1, 0.15) is 18.9 Å². The lowest BCUT2D eigenvalue weighted by atomic mass is 10.1. The highest BCUT2D eigenvalue weighted by Crippen LogP contribution is 2.28. The van der Waals surface area contributed by atoms with Crippen molar-refractivity contribution in [2.45, 2.75) is 31.9 Å². The molecule has 0 fully saturated rings. The number of ether oxygens (including phenoxy) is 1. The van der Waals surface area contributed by atoms with E-state index in [9.17, 15) is 4.39 Å². The van der Waals surface area contributed by atoms with Gasteiger partial charge in [0.2, 0.25) is 0 Å². The van der Waals surface area contributed by atoms with Crippen LogP contribution in [0, 0.1) is 5.82 Å². The number of hydrogen-bond acceptors (Lipinski definition) is 2. The fourth-order valence-electron chi connectivity index (χ4n) is 2.00. The summed E-state index contributed by atoms with van der Waals surface area (Å²) >= 11 is 5.67. The summed E-state index contributed by atoms with van der Waals surface area (Å²) in [6, 6.07) is 5.08. The van der Waals surface area contributed by atoms with Crippen molar-refractivity contribution in [1.29, 1.82) is 0 Å². The van der Waals surface area contributed by atoms with Crippen LogP contribution in [0.25, 0.3) is 0 Å². The maximum absolute atomic E-state index is 13.0. The summed E-state index contributed by atoms with van der Waals surface area (Å²) in [4.78, 5) is 0. The van der Waals surface area contributed by atoms with Gasteiger partial charge in [0, 0.05) is 30.5 Å². The molecule has 0 aromatic heterocycles. The highest BCUT2D eigenvalue weighted by atomic mass is 35.5. The Morgan fingerprint density at radius 2 is 2.41 bits per heavy atom. The van der Waals surface area contributed by atoms with Crippen molar-refractivity contribution in [2.75, 3.05) is 12.4 Å². The van der Waals surface area contributed by atoms with E-state index in [4.69, 9.17) is 16.3 Å². The van der Waals surface area contributed by atoms with Gasteiger partial charge in [-0.15, -0.1) is 11.6 Å². The smallest absolute Gasteiger partial charge is 0.123 e. The molecule has 94 valence electrons. The van der Waals surface area contributed by atoms with Crippen LogP contribution in [0.5, 0.6) is 5.75 Å². The predicted octanol–water partition coefficient (Wildman–Crippen LogP) is 2.74. The molecule has 4 heteroatoms. The van der Waals surface area contributed by atoms with Gasteiger partial charge in [-0.3, -0.25) is 0 Å². The van der Waals surface area contributed by atoms with Gasteiger partial charge in [0.25, 0.3) is 0 Å². The van der Waals surface area contributed by atoms with Crippen LogP contribution >= 0.6 is 11.6 Å². The summed E-state index contributed by atoms with van der Waals surface area (Å²) < 4.78 is 18.7. The molecule has 0 saturated heterocycles. The van der Waals surface area contributed by atoms with E-state index in [1.54, 1.807) is 12.1 Å². The second kappa shape index (κ2) is 5.69. The summed E-state index contributed by atoms with van der Waals surface area (Å²) in [5.41, 5.74) is 0.960. The zero-order valence-electron chi connectivity index (χ0n) is 9.88. The number of alkyl halides is 1. The van der Waals surface area contributed by atoms with Gasteiger partial charge in [-0.2, -0.15) is 0 Å². The summed E-state index contributed by atoms with van der Waals surface area (Å²) in [6.45, 7) is 2.87. The molecule has 2 nitrogen and oxygen atoms in total. The number of nitrogens with one attached hydrogen (secondary N) is 1. The molecule has 1 heterocycles. The third kappa shape index (κ3) is 3.33. The van der Waals surface area contributed by atoms with E-state index in [1.165, 1.54) is 6.07 Å². The van der Waals surface area contributed by atoms with Crippen LogP contribution in [0.4, 0.5) is 4.39 Å². The lowest BCUT2D eigenvalue weighted by molar-refractivity contribution is 0.222. The maximum Gasteiger partial charge on any atom is 0.123 e. The SMILES string of the molecule is CC(CCCl)NCC1Cc2cc(F)ccc2O1. The maximum atomic E-state index is 13.0. The minimum absolute atomic E-state index is 0.101. The van der Waals surface area contributed by atoms with Crippen LogP contribution in [0.15, 0.2) is 18.2 Å². The number of rotatable bonds is 5. The summed E-state index contributed by atoms with van der Waals surface area (Å²) in [5, 5.41) is 3.37. The van der Waals surface area contributed by atoms with E-state index in [0.717, 1.165) is 30.7 Å². The Morgan fingerprint density at radius 3 is 3.18 bits per heavy atom. The fraction of sp³-hybridized carbons (Fsp3) is 0.538. The molecular formula is C13H17ClFNO. The van der Waals surface area contributed by atoms with Crippen molar-refractivity contribution in [3.8, 4) is 5.75 Å². The highest BCUT2D eigenvalue weighted by Gasteiger charge is 2.23. The number of halogens is 2. The summed E-state index contributed by atoms with van der Waals surface area (Å²) in [7, 11) is 0. The normalized spacial score (nSPS) is 19.8.